The lowest BCUT2D eigenvalue weighted by atomic mass is 10.1. The van der Waals surface area contributed by atoms with Crippen LogP contribution in [0.2, 0.25) is 0 Å². The second-order valence-corrected chi connectivity index (χ2v) is 7.53. The van der Waals surface area contributed by atoms with E-state index in [1.54, 1.807) is 11.9 Å². The van der Waals surface area contributed by atoms with Crippen molar-refractivity contribution in [3.05, 3.63) is 95.8 Å². The maximum absolute atomic E-state index is 4.34. The first-order valence-corrected chi connectivity index (χ1v) is 9.65. The molecule has 1 unspecified atom stereocenters. The van der Waals surface area contributed by atoms with E-state index in [1.807, 2.05) is 24.4 Å². The molecule has 3 aromatic rings. The number of rotatable bonds is 8. The van der Waals surface area contributed by atoms with Crippen molar-refractivity contribution in [2.24, 2.45) is 0 Å². The van der Waals surface area contributed by atoms with Crippen LogP contribution in [0.1, 0.15) is 29.8 Å². The fourth-order valence-corrected chi connectivity index (χ4v) is 3.69. The summed E-state index contributed by atoms with van der Waals surface area (Å²) in [6.07, 6.45) is 1.83. The SMILES string of the molecule is CC(c1ccccc1)N(C)Sc1cccc(CNCc2ccccn2)c1. The summed E-state index contributed by atoms with van der Waals surface area (Å²) in [5, 5.41) is 3.46. The minimum absolute atomic E-state index is 0.354. The molecule has 0 spiro atoms. The predicted octanol–water partition coefficient (Wildman–Crippen LogP) is 5.07. The zero-order valence-electron chi connectivity index (χ0n) is 15.3. The van der Waals surface area contributed by atoms with Gasteiger partial charge in [-0.3, -0.25) is 4.98 Å². The fraction of sp³-hybridized carbons (Fsp3) is 0.227. The van der Waals surface area contributed by atoms with Gasteiger partial charge in [0.2, 0.25) is 0 Å². The van der Waals surface area contributed by atoms with E-state index in [0.29, 0.717) is 6.04 Å². The molecule has 0 bridgehead atoms. The lowest BCUT2D eigenvalue weighted by Crippen LogP contribution is -2.15. The Balaban J connectivity index is 1.55. The van der Waals surface area contributed by atoms with E-state index in [0.717, 1.165) is 18.8 Å². The third-order valence-corrected chi connectivity index (χ3v) is 5.41. The average Bonchev–Trinajstić information content (AvgIpc) is 2.69. The highest BCUT2D eigenvalue weighted by atomic mass is 32.2. The van der Waals surface area contributed by atoms with Crippen LogP contribution in [0, 0.1) is 0 Å². The van der Waals surface area contributed by atoms with E-state index >= 15 is 0 Å². The fourth-order valence-electron chi connectivity index (χ4n) is 2.74. The second-order valence-electron chi connectivity index (χ2n) is 6.30. The van der Waals surface area contributed by atoms with Crippen LogP contribution < -0.4 is 5.32 Å². The Labute approximate surface area is 160 Å². The lowest BCUT2D eigenvalue weighted by Gasteiger charge is -2.24. The predicted molar refractivity (Wildman–Crippen MR) is 110 cm³/mol. The number of pyridine rings is 1. The zero-order valence-corrected chi connectivity index (χ0v) is 16.1. The molecule has 0 radical (unpaired) electrons. The zero-order chi connectivity index (χ0) is 18.2. The van der Waals surface area contributed by atoms with Crippen molar-refractivity contribution in [1.82, 2.24) is 14.6 Å². The molecule has 0 fully saturated rings. The number of hydrogen-bond donors (Lipinski definition) is 1. The van der Waals surface area contributed by atoms with Crippen molar-refractivity contribution in [3.63, 3.8) is 0 Å². The summed E-state index contributed by atoms with van der Waals surface area (Å²) in [5.41, 5.74) is 3.68. The Morgan fingerprint density at radius 2 is 1.77 bits per heavy atom. The Bertz CT molecular complexity index is 793. The van der Waals surface area contributed by atoms with Crippen LogP contribution in [-0.2, 0) is 13.1 Å². The van der Waals surface area contributed by atoms with Crippen molar-refractivity contribution < 1.29 is 0 Å². The van der Waals surface area contributed by atoms with Gasteiger partial charge in [0.05, 0.1) is 5.69 Å². The first-order chi connectivity index (χ1) is 12.7. The molecule has 26 heavy (non-hydrogen) atoms. The average molecular weight is 364 g/mol. The van der Waals surface area contributed by atoms with E-state index in [4.69, 9.17) is 0 Å². The maximum atomic E-state index is 4.34. The molecular formula is C22H25N3S. The van der Waals surface area contributed by atoms with Gasteiger partial charge in [-0.2, -0.15) is 0 Å². The molecule has 1 atom stereocenters. The molecule has 1 heterocycles. The van der Waals surface area contributed by atoms with E-state index in [-0.39, 0.29) is 0 Å². The Kier molecular flexibility index (Phi) is 6.83. The molecule has 0 aliphatic heterocycles. The molecule has 0 aliphatic carbocycles. The van der Waals surface area contributed by atoms with Gasteiger partial charge in [0.15, 0.2) is 0 Å². The molecule has 3 rings (SSSR count). The molecule has 0 aliphatic rings. The molecule has 1 N–H and O–H groups in total. The summed E-state index contributed by atoms with van der Waals surface area (Å²) < 4.78 is 2.30. The Morgan fingerprint density at radius 1 is 0.962 bits per heavy atom. The minimum Gasteiger partial charge on any atom is -0.307 e. The van der Waals surface area contributed by atoms with Crippen LogP contribution in [0.15, 0.2) is 83.9 Å². The molecule has 4 heteroatoms. The van der Waals surface area contributed by atoms with Gasteiger partial charge in [-0.25, -0.2) is 4.31 Å². The van der Waals surface area contributed by atoms with Crippen molar-refractivity contribution in [2.45, 2.75) is 31.0 Å². The largest absolute Gasteiger partial charge is 0.307 e. The van der Waals surface area contributed by atoms with Gasteiger partial charge in [-0.1, -0.05) is 48.5 Å². The lowest BCUT2D eigenvalue weighted by molar-refractivity contribution is 0.453. The van der Waals surface area contributed by atoms with Crippen molar-refractivity contribution in [2.75, 3.05) is 7.05 Å². The number of nitrogens with zero attached hydrogens (tertiary/aromatic N) is 2. The van der Waals surface area contributed by atoms with E-state index < -0.39 is 0 Å². The van der Waals surface area contributed by atoms with Crippen LogP contribution >= 0.6 is 11.9 Å². The molecule has 3 nitrogen and oxygen atoms in total. The van der Waals surface area contributed by atoms with E-state index in [1.165, 1.54) is 16.0 Å². The summed E-state index contributed by atoms with van der Waals surface area (Å²) in [5.74, 6) is 0. The standard InChI is InChI=1S/C22H25N3S/c1-18(20-10-4-3-5-11-20)25(2)26-22-13-8-9-19(15-22)16-23-17-21-12-6-7-14-24-21/h3-15,18,23H,16-17H2,1-2H3. The summed E-state index contributed by atoms with van der Waals surface area (Å²) in [7, 11) is 2.15. The molecular weight excluding hydrogens is 338 g/mol. The van der Waals surface area contributed by atoms with Crippen molar-refractivity contribution in [1.29, 1.82) is 0 Å². The second kappa shape index (κ2) is 9.53. The summed E-state index contributed by atoms with van der Waals surface area (Å²) in [4.78, 5) is 5.60. The van der Waals surface area contributed by atoms with Gasteiger partial charge in [-0.15, -0.1) is 0 Å². The first-order valence-electron chi connectivity index (χ1n) is 8.87. The molecule has 2 aromatic carbocycles. The normalized spacial score (nSPS) is 12.3. The van der Waals surface area contributed by atoms with Crippen LogP contribution in [0.5, 0.6) is 0 Å². The van der Waals surface area contributed by atoms with Crippen molar-refractivity contribution in [3.8, 4) is 0 Å². The Morgan fingerprint density at radius 3 is 2.54 bits per heavy atom. The van der Waals surface area contributed by atoms with Crippen molar-refractivity contribution >= 4 is 11.9 Å². The Hall–Kier alpha value is -2.14. The third-order valence-electron chi connectivity index (χ3n) is 4.34. The van der Waals surface area contributed by atoms with Crippen LogP contribution in [0.4, 0.5) is 0 Å². The summed E-state index contributed by atoms with van der Waals surface area (Å²) >= 11 is 1.78. The number of hydrogen-bond acceptors (Lipinski definition) is 4. The maximum Gasteiger partial charge on any atom is 0.0541 e. The third kappa shape index (κ3) is 5.43. The molecule has 0 saturated heterocycles. The number of benzene rings is 2. The van der Waals surface area contributed by atoms with Gasteiger partial charge in [-0.05, 0) is 61.3 Å². The monoisotopic (exact) mass is 363 g/mol. The smallest absolute Gasteiger partial charge is 0.0541 e. The van der Waals surface area contributed by atoms with Crippen LogP contribution in [0.25, 0.3) is 0 Å². The van der Waals surface area contributed by atoms with Gasteiger partial charge in [0.1, 0.15) is 0 Å². The highest BCUT2D eigenvalue weighted by Crippen LogP contribution is 2.30. The highest BCUT2D eigenvalue weighted by molar-refractivity contribution is 7.97. The van der Waals surface area contributed by atoms with Crippen LogP contribution in [0.3, 0.4) is 0 Å². The quantitative estimate of drug-likeness (QED) is 0.566. The van der Waals surface area contributed by atoms with Crippen LogP contribution in [-0.4, -0.2) is 16.3 Å². The summed E-state index contributed by atoms with van der Waals surface area (Å²) in [6, 6.07) is 25.7. The first kappa shape index (κ1) is 18.6. The van der Waals surface area contributed by atoms with Gasteiger partial charge in [0, 0.05) is 30.2 Å². The van der Waals surface area contributed by atoms with E-state index in [9.17, 15) is 0 Å². The molecule has 0 amide bonds. The minimum atomic E-state index is 0.354. The van der Waals surface area contributed by atoms with Gasteiger partial charge < -0.3 is 5.32 Å². The highest BCUT2D eigenvalue weighted by Gasteiger charge is 2.12. The van der Waals surface area contributed by atoms with Gasteiger partial charge in [0.25, 0.3) is 0 Å². The number of aromatic nitrogens is 1. The molecule has 0 saturated carbocycles. The van der Waals surface area contributed by atoms with E-state index in [2.05, 4.69) is 83.2 Å². The molecule has 1 aromatic heterocycles. The van der Waals surface area contributed by atoms with Gasteiger partial charge >= 0.3 is 0 Å². The topological polar surface area (TPSA) is 28.2 Å². The number of nitrogens with one attached hydrogen (secondary N) is 1. The molecule has 134 valence electrons. The summed E-state index contributed by atoms with van der Waals surface area (Å²) in [6.45, 7) is 3.85.